The zero-order valence-electron chi connectivity index (χ0n) is 14.0. The van der Waals surface area contributed by atoms with Crippen LogP contribution in [0.3, 0.4) is 0 Å². The fourth-order valence-corrected chi connectivity index (χ4v) is 2.40. The fourth-order valence-electron chi connectivity index (χ4n) is 2.40. The van der Waals surface area contributed by atoms with E-state index in [4.69, 9.17) is 9.47 Å². The molecule has 134 valence electrons. The topological polar surface area (TPSA) is 97.0 Å². The van der Waals surface area contributed by atoms with E-state index in [0.29, 0.717) is 22.9 Å². The Morgan fingerprint density at radius 1 is 1.12 bits per heavy atom. The van der Waals surface area contributed by atoms with Gasteiger partial charge in [0.15, 0.2) is 11.5 Å². The molecule has 1 fully saturated rings. The van der Waals surface area contributed by atoms with E-state index in [-0.39, 0.29) is 13.1 Å². The third-order valence-corrected chi connectivity index (χ3v) is 3.67. The smallest absolute Gasteiger partial charge is 0.325 e. The number of methoxy groups -OCH3 is 1. The average Bonchev–Trinajstić information content (AvgIpc) is 2.96. The Kier molecular flexibility index (Phi) is 5.02. The van der Waals surface area contributed by atoms with Crippen molar-refractivity contribution in [1.29, 1.82) is 0 Å². The van der Waals surface area contributed by atoms with Gasteiger partial charge in [0.05, 0.1) is 13.7 Å². The van der Waals surface area contributed by atoms with E-state index >= 15 is 0 Å². The minimum Gasteiger partial charge on any atom is -0.493 e. The number of imide groups is 1. The van der Waals surface area contributed by atoms with Gasteiger partial charge in [0.1, 0.15) is 12.3 Å². The van der Waals surface area contributed by atoms with E-state index in [1.54, 1.807) is 43.5 Å². The second-order valence-electron chi connectivity index (χ2n) is 5.46. The molecule has 0 radical (unpaired) electrons. The van der Waals surface area contributed by atoms with Crippen LogP contribution in [0.1, 0.15) is 0 Å². The maximum Gasteiger partial charge on any atom is 0.325 e. The second kappa shape index (κ2) is 7.56. The van der Waals surface area contributed by atoms with Gasteiger partial charge in [0.25, 0.3) is 5.91 Å². The maximum atomic E-state index is 12.0. The van der Waals surface area contributed by atoms with Gasteiger partial charge in [-0.25, -0.2) is 4.79 Å². The molecule has 0 spiro atoms. The first-order chi connectivity index (χ1) is 12.6. The summed E-state index contributed by atoms with van der Waals surface area (Å²) in [7, 11) is 1.56. The first-order valence-electron chi connectivity index (χ1n) is 7.86. The lowest BCUT2D eigenvalue weighted by Crippen LogP contribution is -2.38. The molecule has 1 heterocycles. The van der Waals surface area contributed by atoms with E-state index < -0.39 is 17.8 Å². The molecule has 4 amide bonds. The Hall–Kier alpha value is -3.55. The minimum atomic E-state index is -0.564. The van der Waals surface area contributed by atoms with Gasteiger partial charge < -0.3 is 20.1 Å². The molecule has 0 unspecified atom stereocenters. The molecule has 0 saturated carbocycles. The number of carbonyl (C=O) groups is 3. The van der Waals surface area contributed by atoms with Crippen LogP contribution in [-0.2, 0) is 9.59 Å². The van der Waals surface area contributed by atoms with Crippen molar-refractivity contribution in [3.05, 3.63) is 48.5 Å². The van der Waals surface area contributed by atoms with Gasteiger partial charge >= 0.3 is 6.03 Å². The van der Waals surface area contributed by atoms with Gasteiger partial charge in [0.2, 0.25) is 5.91 Å². The lowest BCUT2D eigenvalue weighted by Gasteiger charge is -2.13. The van der Waals surface area contributed by atoms with Gasteiger partial charge in [0, 0.05) is 5.69 Å². The second-order valence-corrected chi connectivity index (χ2v) is 5.46. The Labute approximate surface area is 149 Å². The van der Waals surface area contributed by atoms with Crippen LogP contribution in [0, 0.1) is 0 Å². The predicted molar refractivity (Wildman–Crippen MR) is 93.3 cm³/mol. The summed E-state index contributed by atoms with van der Waals surface area (Å²) in [4.78, 5) is 35.8. The van der Waals surface area contributed by atoms with Crippen molar-refractivity contribution < 1.29 is 23.9 Å². The Balaban J connectivity index is 1.60. The molecule has 1 saturated heterocycles. The van der Waals surface area contributed by atoms with Gasteiger partial charge in [-0.2, -0.15) is 0 Å². The normalized spacial score (nSPS) is 13.3. The first-order valence-corrected chi connectivity index (χ1v) is 7.86. The summed E-state index contributed by atoms with van der Waals surface area (Å²) < 4.78 is 11.0. The summed E-state index contributed by atoms with van der Waals surface area (Å²) in [6.07, 6.45) is 0. The summed E-state index contributed by atoms with van der Waals surface area (Å²) in [5, 5.41) is 4.99. The Morgan fingerprint density at radius 2 is 1.81 bits per heavy atom. The molecule has 0 aliphatic carbocycles. The molecule has 8 nitrogen and oxygen atoms in total. The minimum absolute atomic E-state index is 0.0822. The quantitative estimate of drug-likeness (QED) is 0.772. The van der Waals surface area contributed by atoms with Gasteiger partial charge in [-0.1, -0.05) is 12.1 Å². The molecule has 0 bridgehead atoms. The number of rotatable bonds is 6. The summed E-state index contributed by atoms with van der Waals surface area (Å²) >= 11 is 0. The van der Waals surface area contributed by atoms with E-state index in [9.17, 15) is 14.4 Å². The number of hydrogen-bond acceptors (Lipinski definition) is 5. The highest BCUT2D eigenvalue weighted by molar-refractivity contribution is 6.06. The van der Waals surface area contributed by atoms with Crippen LogP contribution >= 0.6 is 0 Å². The summed E-state index contributed by atoms with van der Waals surface area (Å²) in [5.41, 5.74) is 0.523. The first kappa shape index (κ1) is 17.3. The molecule has 2 aromatic rings. The third kappa shape index (κ3) is 3.92. The van der Waals surface area contributed by atoms with E-state index in [2.05, 4.69) is 10.6 Å². The number of benzene rings is 2. The molecule has 0 aromatic heterocycles. The summed E-state index contributed by atoms with van der Waals surface area (Å²) in [6, 6.07) is 13.4. The van der Waals surface area contributed by atoms with Crippen LogP contribution in [0.15, 0.2) is 48.5 Å². The SMILES string of the molecule is COc1ccccc1Oc1ccc(NC(=O)CN2C(=O)CNC2=O)cc1. The number of nitrogens with one attached hydrogen (secondary N) is 2. The number of anilines is 1. The highest BCUT2D eigenvalue weighted by atomic mass is 16.5. The molecular formula is C18H17N3O5. The van der Waals surface area contributed by atoms with Crippen LogP contribution in [0.4, 0.5) is 10.5 Å². The maximum absolute atomic E-state index is 12.0. The van der Waals surface area contributed by atoms with Crippen LogP contribution < -0.4 is 20.1 Å². The highest BCUT2D eigenvalue weighted by Crippen LogP contribution is 2.31. The Bertz CT molecular complexity index is 819. The van der Waals surface area contributed by atoms with Crippen molar-refractivity contribution in [2.75, 3.05) is 25.5 Å². The highest BCUT2D eigenvalue weighted by Gasteiger charge is 2.30. The Morgan fingerprint density at radius 3 is 2.42 bits per heavy atom. The number of para-hydroxylation sites is 2. The molecule has 1 aliphatic heterocycles. The number of ether oxygens (including phenoxy) is 2. The standard InChI is InChI=1S/C18H17N3O5/c1-25-14-4-2-3-5-15(14)26-13-8-6-12(7-9-13)20-16(22)11-21-17(23)10-19-18(21)24/h2-9H,10-11H2,1H3,(H,19,24)(H,20,22). The molecule has 1 aliphatic rings. The van der Waals surface area contributed by atoms with E-state index in [0.717, 1.165) is 4.90 Å². The lowest BCUT2D eigenvalue weighted by molar-refractivity contribution is -0.128. The van der Waals surface area contributed by atoms with Crippen LogP contribution in [0.5, 0.6) is 17.2 Å². The number of amides is 4. The number of hydrogen-bond donors (Lipinski definition) is 2. The van der Waals surface area contributed by atoms with Crippen molar-refractivity contribution >= 4 is 23.5 Å². The number of urea groups is 1. The monoisotopic (exact) mass is 355 g/mol. The largest absolute Gasteiger partial charge is 0.493 e. The van der Waals surface area contributed by atoms with Gasteiger partial charge in [-0.15, -0.1) is 0 Å². The molecule has 2 aromatic carbocycles. The summed E-state index contributed by atoms with van der Waals surface area (Å²) in [6.45, 7) is -0.411. The zero-order valence-corrected chi connectivity index (χ0v) is 14.0. The molecule has 8 heteroatoms. The number of nitrogens with zero attached hydrogens (tertiary/aromatic N) is 1. The van der Waals surface area contributed by atoms with Crippen LogP contribution in [0.25, 0.3) is 0 Å². The third-order valence-electron chi connectivity index (χ3n) is 3.67. The van der Waals surface area contributed by atoms with E-state index in [1.165, 1.54) is 0 Å². The average molecular weight is 355 g/mol. The van der Waals surface area contributed by atoms with E-state index in [1.807, 2.05) is 12.1 Å². The van der Waals surface area contributed by atoms with Crippen molar-refractivity contribution in [2.24, 2.45) is 0 Å². The van der Waals surface area contributed by atoms with Gasteiger partial charge in [-0.3, -0.25) is 14.5 Å². The molecule has 3 rings (SSSR count). The predicted octanol–water partition coefficient (Wildman–Crippen LogP) is 1.98. The van der Waals surface area contributed by atoms with Gasteiger partial charge in [-0.05, 0) is 36.4 Å². The molecule has 2 N–H and O–H groups in total. The van der Waals surface area contributed by atoms with Crippen molar-refractivity contribution in [2.45, 2.75) is 0 Å². The van der Waals surface area contributed by atoms with Crippen LogP contribution in [0.2, 0.25) is 0 Å². The fraction of sp³-hybridized carbons (Fsp3) is 0.167. The number of carbonyl (C=O) groups excluding carboxylic acids is 3. The van der Waals surface area contributed by atoms with Crippen molar-refractivity contribution in [1.82, 2.24) is 10.2 Å². The van der Waals surface area contributed by atoms with Crippen molar-refractivity contribution in [3.8, 4) is 17.2 Å². The summed E-state index contributed by atoms with van der Waals surface area (Å²) in [5.74, 6) is 0.866. The molecular weight excluding hydrogens is 338 g/mol. The molecule has 0 atom stereocenters. The zero-order chi connectivity index (χ0) is 18.5. The lowest BCUT2D eigenvalue weighted by atomic mass is 10.3. The van der Waals surface area contributed by atoms with Crippen LogP contribution in [-0.4, -0.2) is 42.9 Å². The van der Waals surface area contributed by atoms with Crippen molar-refractivity contribution in [3.63, 3.8) is 0 Å². The molecule has 26 heavy (non-hydrogen) atoms.